The van der Waals surface area contributed by atoms with Crippen molar-refractivity contribution in [1.29, 1.82) is 0 Å². The molecule has 0 spiro atoms. The van der Waals surface area contributed by atoms with Gasteiger partial charge in [0.15, 0.2) is 0 Å². The Morgan fingerprint density at radius 1 is 1.25 bits per heavy atom. The van der Waals surface area contributed by atoms with Gasteiger partial charge in [-0.2, -0.15) is 0 Å². The van der Waals surface area contributed by atoms with Gasteiger partial charge < -0.3 is 15.2 Å². The number of anilines is 1. The van der Waals surface area contributed by atoms with E-state index in [2.05, 4.69) is 26.7 Å². The number of terminal acetylenes is 1. The maximum absolute atomic E-state index is 13.1. The molecule has 4 rings (SSSR count). The molecule has 1 aliphatic carbocycles. The number of benzene rings is 1. The van der Waals surface area contributed by atoms with Gasteiger partial charge in [-0.05, 0) is 38.0 Å². The molecule has 7 nitrogen and oxygen atoms in total. The first kappa shape index (κ1) is 17.7. The summed E-state index contributed by atoms with van der Waals surface area (Å²) in [4.78, 5) is 29.9. The molecule has 0 radical (unpaired) electrons. The van der Waals surface area contributed by atoms with Crippen LogP contribution in [0.25, 0.3) is 11.1 Å². The highest BCUT2D eigenvalue weighted by Gasteiger charge is 2.29. The average molecular weight is 374 g/mol. The first-order valence-corrected chi connectivity index (χ1v) is 8.97. The second kappa shape index (κ2) is 7.16. The van der Waals surface area contributed by atoms with Crippen LogP contribution < -0.4 is 10.6 Å². The van der Waals surface area contributed by atoms with Crippen LogP contribution in [0.15, 0.2) is 34.9 Å². The molecule has 2 aromatic heterocycles. The molecule has 0 saturated heterocycles. The molecular weight excluding hydrogens is 356 g/mol. The van der Waals surface area contributed by atoms with Gasteiger partial charge in [0, 0.05) is 11.6 Å². The molecule has 28 heavy (non-hydrogen) atoms. The average Bonchev–Trinajstić information content (AvgIpc) is 3.49. The summed E-state index contributed by atoms with van der Waals surface area (Å²) in [7, 11) is 0. The van der Waals surface area contributed by atoms with Crippen molar-refractivity contribution in [1.82, 2.24) is 15.5 Å². The van der Waals surface area contributed by atoms with Gasteiger partial charge in [0.05, 0.1) is 34.4 Å². The van der Waals surface area contributed by atoms with Crippen molar-refractivity contribution in [2.24, 2.45) is 0 Å². The van der Waals surface area contributed by atoms with Crippen LogP contribution in [0.4, 0.5) is 5.69 Å². The number of fused-ring (bicyclic) bond motifs is 1. The third-order valence-electron chi connectivity index (χ3n) is 4.65. The first-order chi connectivity index (χ1) is 13.6. The molecule has 0 atom stereocenters. The topological polar surface area (TPSA) is 97.1 Å². The molecule has 7 heteroatoms. The van der Waals surface area contributed by atoms with E-state index in [9.17, 15) is 9.59 Å². The van der Waals surface area contributed by atoms with Gasteiger partial charge in [-0.15, -0.1) is 6.42 Å². The number of nitrogens with one attached hydrogen (secondary N) is 2. The Hall–Kier alpha value is -3.66. The summed E-state index contributed by atoms with van der Waals surface area (Å²) >= 11 is 0. The zero-order chi connectivity index (χ0) is 19.7. The highest BCUT2D eigenvalue weighted by molar-refractivity contribution is 6.14. The standard InChI is InChI=1S/C21H18N4O3/c1-3-10-22-19(26)14-6-4-5-7-16(14)23-20(27)15-11-17(13-8-9-13)24-21-18(15)12(2)25-28-21/h1,4-7,11,13H,8-10H2,2H3,(H,22,26)(H,23,27). The summed E-state index contributed by atoms with van der Waals surface area (Å²) in [5, 5.41) is 9.96. The van der Waals surface area contributed by atoms with E-state index in [4.69, 9.17) is 10.9 Å². The molecule has 1 fully saturated rings. The number of para-hydroxylation sites is 1. The maximum atomic E-state index is 13.1. The van der Waals surface area contributed by atoms with Gasteiger partial charge >= 0.3 is 0 Å². The predicted octanol–water partition coefficient (Wildman–Crippen LogP) is 3.02. The molecule has 3 aromatic rings. The predicted molar refractivity (Wildman–Crippen MR) is 104 cm³/mol. The number of carbonyl (C=O) groups is 2. The van der Waals surface area contributed by atoms with E-state index < -0.39 is 0 Å². The fraction of sp³-hybridized carbons (Fsp3) is 0.238. The van der Waals surface area contributed by atoms with Crippen LogP contribution in [-0.2, 0) is 0 Å². The van der Waals surface area contributed by atoms with Crippen molar-refractivity contribution in [2.75, 3.05) is 11.9 Å². The fourth-order valence-electron chi connectivity index (χ4n) is 3.09. The third-order valence-corrected chi connectivity index (χ3v) is 4.65. The number of carbonyl (C=O) groups excluding carboxylic acids is 2. The van der Waals surface area contributed by atoms with Crippen molar-refractivity contribution < 1.29 is 14.1 Å². The van der Waals surface area contributed by atoms with E-state index in [1.807, 2.05) is 0 Å². The highest BCUT2D eigenvalue weighted by atomic mass is 16.5. The van der Waals surface area contributed by atoms with E-state index in [0.717, 1.165) is 18.5 Å². The SMILES string of the molecule is C#CCNC(=O)c1ccccc1NC(=O)c1cc(C2CC2)nc2onc(C)c12. The van der Waals surface area contributed by atoms with Crippen LogP contribution in [-0.4, -0.2) is 28.5 Å². The minimum absolute atomic E-state index is 0.108. The van der Waals surface area contributed by atoms with E-state index in [-0.39, 0.29) is 18.4 Å². The second-order valence-electron chi connectivity index (χ2n) is 6.70. The Bertz CT molecular complexity index is 1120. The lowest BCUT2D eigenvalue weighted by Crippen LogP contribution is -2.25. The van der Waals surface area contributed by atoms with E-state index in [1.165, 1.54) is 0 Å². The molecule has 0 aliphatic heterocycles. The van der Waals surface area contributed by atoms with Crippen LogP contribution in [0, 0.1) is 19.3 Å². The minimum atomic E-state index is -0.353. The lowest BCUT2D eigenvalue weighted by Gasteiger charge is -2.11. The van der Waals surface area contributed by atoms with Gasteiger partial charge in [0.1, 0.15) is 0 Å². The minimum Gasteiger partial charge on any atom is -0.341 e. The van der Waals surface area contributed by atoms with Crippen molar-refractivity contribution in [3.63, 3.8) is 0 Å². The van der Waals surface area contributed by atoms with Crippen molar-refractivity contribution in [3.05, 3.63) is 52.8 Å². The molecule has 140 valence electrons. The Kier molecular flexibility index (Phi) is 4.53. The van der Waals surface area contributed by atoms with Crippen molar-refractivity contribution in [3.8, 4) is 12.3 Å². The summed E-state index contributed by atoms with van der Waals surface area (Å²) in [6.45, 7) is 1.87. The lowest BCUT2D eigenvalue weighted by atomic mass is 10.1. The fourth-order valence-corrected chi connectivity index (χ4v) is 3.09. The van der Waals surface area contributed by atoms with Gasteiger partial charge in [-0.3, -0.25) is 9.59 Å². The van der Waals surface area contributed by atoms with Crippen LogP contribution in [0.3, 0.4) is 0 Å². The van der Waals surface area contributed by atoms with Crippen LogP contribution >= 0.6 is 0 Å². The number of aryl methyl sites for hydroxylation is 1. The van der Waals surface area contributed by atoms with Gasteiger partial charge in [0.25, 0.3) is 17.5 Å². The lowest BCUT2D eigenvalue weighted by molar-refractivity contribution is 0.0959. The first-order valence-electron chi connectivity index (χ1n) is 8.97. The Morgan fingerprint density at radius 3 is 2.79 bits per heavy atom. The zero-order valence-corrected chi connectivity index (χ0v) is 15.3. The summed E-state index contributed by atoms with van der Waals surface area (Å²) in [5.41, 5.74) is 2.94. The molecule has 1 aliphatic rings. The highest BCUT2D eigenvalue weighted by Crippen LogP contribution is 2.40. The Labute approximate surface area is 161 Å². The quantitative estimate of drug-likeness (QED) is 0.669. The van der Waals surface area contributed by atoms with E-state index in [1.54, 1.807) is 37.3 Å². The number of nitrogens with zero attached hydrogens (tertiary/aromatic N) is 2. The third kappa shape index (κ3) is 3.32. The number of hydrogen-bond acceptors (Lipinski definition) is 5. The number of aromatic nitrogens is 2. The second-order valence-corrected chi connectivity index (χ2v) is 6.70. The summed E-state index contributed by atoms with van der Waals surface area (Å²) in [5.74, 6) is 2.00. The molecule has 0 bridgehead atoms. The molecule has 2 amide bonds. The summed E-state index contributed by atoms with van der Waals surface area (Å²) in [6.07, 6.45) is 7.29. The smallest absolute Gasteiger partial charge is 0.259 e. The number of amides is 2. The monoisotopic (exact) mass is 374 g/mol. The normalized spacial score (nSPS) is 13.1. The molecule has 2 N–H and O–H groups in total. The van der Waals surface area contributed by atoms with Crippen molar-refractivity contribution in [2.45, 2.75) is 25.7 Å². The van der Waals surface area contributed by atoms with E-state index >= 15 is 0 Å². The van der Waals surface area contributed by atoms with E-state index in [0.29, 0.717) is 39.5 Å². The van der Waals surface area contributed by atoms with Gasteiger partial charge in [-0.1, -0.05) is 23.2 Å². The van der Waals surface area contributed by atoms with Gasteiger partial charge in [-0.25, -0.2) is 4.98 Å². The van der Waals surface area contributed by atoms with Crippen LogP contribution in [0.5, 0.6) is 0 Å². The Balaban J connectivity index is 1.69. The summed E-state index contributed by atoms with van der Waals surface area (Å²) < 4.78 is 5.29. The molecule has 2 heterocycles. The largest absolute Gasteiger partial charge is 0.341 e. The number of pyridine rings is 1. The summed E-state index contributed by atoms with van der Waals surface area (Å²) in [6, 6.07) is 8.56. The van der Waals surface area contributed by atoms with Crippen LogP contribution in [0.2, 0.25) is 0 Å². The molecule has 1 aromatic carbocycles. The number of rotatable bonds is 5. The Morgan fingerprint density at radius 2 is 2.04 bits per heavy atom. The van der Waals surface area contributed by atoms with Gasteiger partial charge in [0.2, 0.25) is 0 Å². The molecular formula is C21H18N4O3. The zero-order valence-electron chi connectivity index (χ0n) is 15.3. The maximum Gasteiger partial charge on any atom is 0.259 e. The van der Waals surface area contributed by atoms with Crippen molar-refractivity contribution >= 4 is 28.6 Å². The van der Waals surface area contributed by atoms with Crippen LogP contribution in [0.1, 0.15) is 50.9 Å². The molecule has 1 saturated carbocycles. The molecule has 0 unspecified atom stereocenters. The number of hydrogen-bond donors (Lipinski definition) is 2.